The molecule has 0 aliphatic carbocycles. The summed E-state index contributed by atoms with van der Waals surface area (Å²) in [7, 11) is 0. The van der Waals surface area contributed by atoms with E-state index in [1.54, 1.807) is 25.1 Å². The molecule has 0 heterocycles. The zero-order chi connectivity index (χ0) is 15.1. The van der Waals surface area contributed by atoms with Gasteiger partial charge in [0.2, 0.25) is 0 Å². The summed E-state index contributed by atoms with van der Waals surface area (Å²) >= 11 is 3.31. The topological polar surface area (TPSA) is 89.6 Å². The Labute approximate surface area is 125 Å². The summed E-state index contributed by atoms with van der Waals surface area (Å²) in [5.74, 6) is -1.71. The molecule has 6 heteroatoms. The summed E-state index contributed by atoms with van der Waals surface area (Å²) in [6.45, 7) is 1.91. The van der Waals surface area contributed by atoms with Crippen molar-refractivity contribution in [3.8, 4) is 0 Å². The Kier molecular flexibility index (Phi) is 6.41. The molecule has 0 radical (unpaired) electrons. The molecular formula is C14H16BrNO4. The molecule has 0 saturated carbocycles. The summed E-state index contributed by atoms with van der Waals surface area (Å²) in [5, 5.41) is 8.83. The van der Waals surface area contributed by atoms with E-state index < -0.39 is 18.0 Å². The lowest BCUT2D eigenvalue weighted by Crippen LogP contribution is -2.31. The Morgan fingerprint density at radius 2 is 2.00 bits per heavy atom. The minimum absolute atomic E-state index is 0.0791. The zero-order valence-electron chi connectivity index (χ0n) is 11.0. The normalized spacial score (nSPS) is 12.8. The van der Waals surface area contributed by atoms with Crippen LogP contribution in [0.1, 0.15) is 18.9 Å². The highest BCUT2D eigenvalue weighted by molar-refractivity contribution is 9.10. The second-order valence-corrected chi connectivity index (χ2v) is 5.01. The van der Waals surface area contributed by atoms with Gasteiger partial charge in [-0.3, -0.25) is 4.79 Å². The van der Waals surface area contributed by atoms with Gasteiger partial charge in [-0.05, 0) is 30.7 Å². The van der Waals surface area contributed by atoms with Crippen molar-refractivity contribution in [3.05, 3.63) is 39.9 Å². The number of carboxylic acid groups (broad SMARTS) is 1. The quantitative estimate of drug-likeness (QED) is 0.611. The minimum atomic E-state index is -1.16. The molecule has 0 saturated heterocycles. The van der Waals surface area contributed by atoms with E-state index >= 15 is 0 Å². The highest BCUT2D eigenvalue weighted by Crippen LogP contribution is 2.16. The van der Waals surface area contributed by atoms with Gasteiger partial charge in [0.1, 0.15) is 6.04 Å². The molecule has 108 valence electrons. The van der Waals surface area contributed by atoms with Crippen molar-refractivity contribution in [2.24, 2.45) is 5.73 Å². The van der Waals surface area contributed by atoms with Crippen molar-refractivity contribution in [3.63, 3.8) is 0 Å². The van der Waals surface area contributed by atoms with E-state index in [0.29, 0.717) is 0 Å². The van der Waals surface area contributed by atoms with Gasteiger partial charge in [0.05, 0.1) is 6.61 Å². The first-order valence-corrected chi connectivity index (χ1v) is 6.85. The maximum absolute atomic E-state index is 11.8. The molecule has 1 rings (SSSR count). The number of esters is 1. The van der Waals surface area contributed by atoms with Gasteiger partial charge in [-0.15, -0.1) is 0 Å². The van der Waals surface area contributed by atoms with Crippen LogP contribution >= 0.6 is 15.9 Å². The van der Waals surface area contributed by atoms with Gasteiger partial charge >= 0.3 is 11.9 Å². The van der Waals surface area contributed by atoms with Crippen LogP contribution in [0.4, 0.5) is 0 Å². The summed E-state index contributed by atoms with van der Waals surface area (Å²) in [6.07, 6.45) is 1.51. The van der Waals surface area contributed by atoms with Crippen molar-refractivity contribution in [1.29, 1.82) is 0 Å². The second kappa shape index (κ2) is 7.81. The summed E-state index contributed by atoms with van der Waals surface area (Å²) in [6, 6.07) is 6.11. The average Bonchev–Trinajstić information content (AvgIpc) is 2.40. The molecule has 0 aliphatic rings. The molecule has 0 spiro atoms. The van der Waals surface area contributed by atoms with Crippen LogP contribution in [-0.2, 0) is 14.3 Å². The first-order valence-electron chi connectivity index (χ1n) is 6.05. The number of nitrogens with two attached hydrogens (primary N) is 1. The Morgan fingerprint density at radius 1 is 1.40 bits per heavy atom. The third-order valence-corrected chi connectivity index (χ3v) is 3.03. The fourth-order valence-electron chi connectivity index (χ4n) is 1.51. The Hall–Kier alpha value is -1.66. The number of hydrogen-bond donors (Lipinski definition) is 2. The van der Waals surface area contributed by atoms with Crippen molar-refractivity contribution >= 4 is 33.9 Å². The smallest absolute Gasteiger partial charge is 0.334 e. The average molecular weight is 342 g/mol. The van der Waals surface area contributed by atoms with Crippen molar-refractivity contribution in [2.75, 3.05) is 6.61 Å². The summed E-state index contributed by atoms with van der Waals surface area (Å²) < 4.78 is 5.83. The first-order chi connectivity index (χ1) is 9.43. The van der Waals surface area contributed by atoms with Crippen molar-refractivity contribution in [2.45, 2.75) is 19.4 Å². The van der Waals surface area contributed by atoms with E-state index in [-0.39, 0.29) is 18.6 Å². The molecule has 20 heavy (non-hydrogen) atoms. The van der Waals surface area contributed by atoms with Crippen LogP contribution < -0.4 is 5.73 Å². The summed E-state index contributed by atoms with van der Waals surface area (Å²) in [5.41, 5.74) is 6.49. The molecule has 0 amide bonds. The van der Waals surface area contributed by atoms with Crippen molar-refractivity contribution in [1.82, 2.24) is 0 Å². The maximum atomic E-state index is 11.8. The van der Waals surface area contributed by atoms with E-state index in [9.17, 15) is 9.59 Å². The van der Waals surface area contributed by atoms with Gasteiger partial charge in [0.25, 0.3) is 0 Å². The number of carbonyl (C=O) groups excluding carboxylic acids is 1. The van der Waals surface area contributed by atoms with E-state index in [1.807, 2.05) is 12.1 Å². The molecule has 0 aromatic heterocycles. The summed E-state index contributed by atoms with van der Waals surface area (Å²) in [4.78, 5) is 22.6. The molecule has 1 atom stereocenters. The second-order valence-electron chi connectivity index (χ2n) is 4.09. The number of ether oxygens (including phenoxy) is 1. The molecule has 0 unspecified atom stereocenters. The third kappa shape index (κ3) is 5.14. The molecule has 1 aromatic rings. The third-order valence-electron chi connectivity index (χ3n) is 2.51. The Morgan fingerprint density at radius 3 is 2.50 bits per heavy atom. The fraction of sp³-hybridized carbons (Fsp3) is 0.286. The SMILES string of the molecule is CCOC(=O)/C(=C/c1ccc(Br)cc1)C[C@@H](N)C(=O)O. The number of hydrogen-bond acceptors (Lipinski definition) is 4. The molecule has 3 N–H and O–H groups in total. The number of rotatable bonds is 6. The first kappa shape index (κ1) is 16.4. The largest absolute Gasteiger partial charge is 0.480 e. The monoisotopic (exact) mass is 341 g/mol. The number of aliphatic carboxylic acids is 1. The standard InChI is InChI=1S/C14H16BrNO4/c1-2-20-14(19)10(8-12(16)13(17)18)7-9-3-5-11(15)6-4-9/h3-7,12H,2,8,16H2,1H3,(H,17,18)/b10-7+/t12-/m1/s1. The van der Waals surface area contributed by atoms with Crippen LogP contribution in [0.15, 0.2) is 34.3 Å². The molecule has 0 aliphatic heterocycles. The van der Waals surface area contributed by atoms with Crippen LogP contribution in [-0.4, -0.2) is 29.7 Å². The van der Waals surface area contributed by atoms with Crippen LogP contribution in [0.3, 0.4) is 0 Å². The number of carboxylic acids is 1. The van der Waals surface area contributed by atoms with E-state index in [1.165, 1.54) is 0 Å². The molecule has 0 fully saturated rings. The fourth-order valence-corrected chi connectivity index (χ4v) is 1.77. The van der Waals surface area contributed by atoms with Gasteiger partial charge in [-0.2, -0.15) is 0 Å². The van der Waals surface area contributed by atoms with Crippen LogP contribution in [0, 0.1) is 0 Å². The van der Waals surface area contributed by atoms with Gasteiger partial charge in [0.15, 0.2) is 0 Å². The number of halogens is 1. The Bertz CT molecular complexity index is 510. The number of benzene rings is 1. The Balaban J connectivity index is 2.99. The van der Waals surface area contributed by atoms with Gasteiger partial charge in [0, 0.05) is 16.5 Å². The highest BCUT2D eigenvalue weighted by Gasteiger charge is 2.19. The predicted molar refractivity (Wildman–Crippen MR) is 79.0 cm³/mol. The van der Waals surface area contributed by atoms with Crippen LogP contribution in [0.25, 0.3) is 6.08 Å². The molecule has 0 bridgehead atoms. The maximum Gasteiger partial charge on any atom is 0.334 e. The van der Waals surface area contributed by atoms with Gasteiger partial charge < -0.3 is 15.6 Å². The lowest BCUT2D eigenvalue weighted by Gasteiger charge is -2.10. The number of carbonyl (C=O) groups is 2. The van der Waals surface area contributed by atoms with Gasteiger partial charge in [-0.25, -0.2) is 4.79 Å². The van der Waals surface area contributed by atoms with Gasteiger partial charge in [-0.1, -0.05) is 28.1 Å². The predicted octanol–water partition coefficient (Wildman–Crippen LogP) is 2.20. The van der Waals surface area contributed by atoms with E-state index in [2.05, 4.69) is 15.9 Å². The van der Waals surface area contributed by atoms with Crippen molar-refractivity contribution < 1.29 is 19.4 Å². The molecule has 1 aromatic carbocycles. The lowest BCUT2D eigenvalue weighted by molar-refractivity contribution is -0.139. The lowest BCUT2D eigenvalue weighted by atomic mass is 10.0. The molecule has 5 nitrogen and oxygen atoms in total. The highest BCUT2D eigenvalue weighted by atomic mass is 79.9. The minimum Gasteiger partial charge on any atom is -0.480 e. The molecular weight excluding hydrogens is 326 g/mol. The van der Waals surface area contributed by atoms with E-state index in [4.69, 9.17) is 15.6 Å². The zero-order valence-corrected chi connectivity index (χ0v) is 12.6. The van der Waals surface area contributed by atoms with Crippen LogP contribution in [0.5, 0.6) is 0 Å². The van der Waals surface area contributed by atoms with Crippen LogP contribution in [0.2, 0.25) is 0 Å². The van der Waals surface area contributed by atoms with E-state index in [0.717, 1.165) is 10.0 Å².